The van der Waals surface area contributed by atoms with Gasteiger partial charge in [-0.2, -0.15) is 0 Å². The molecule has 9 heteroatoms. The Kier molecular flexibility index (Phi) is 4.52. The van der Waals surface area contributed by atoms with E-state index < -0.39 is 21.9 Å². The van der Waals surface area contributed by atoms with Gasteiger partial charge in [0.05, 0.1) is 29.9 Å². The van der Waals surface area contributed by atoms with Crippen molar-refractivity contribution >= 4 is 21.7 Å². The van der Waals surface area contributed by atoms with E-state index in [0.717, 1.165) is 0 Å². The van der Waals surface area contributed by atoms with Crippen molar-refractivity contribution in [2.45, 2.75) is 24.9 Å². The lowest BCUT2D eigenvalue weighted by molar-refractivity contribution is -0.143. The van der Waals surface area contributed by atoms with Crippen molar-refractivity contribution < 1.29 is 27.2 Å². The van der Waals surface area contributed by atoms with E-state index in [1.54, 1.807) is 21.9 Å². The number of amides is 2. The molecule has 1 aromatic heterocycles. The lowest BCUT2D eigenvalue weighted by Crippen LogP contribution is -2.62. The maximum absolute atomic E-state index is 13.0. The number of hydrogen-bond donors (Lipinski definition) is 0. The van der Waals surface area contributed by atoms with Crippen molar-refractivity contribution in [3.05, 3.63) is 24.2 Å². The smallest absolute Gasteiger partial charge is 0.289 e. The predicted molar refractivity (Wildman–Crippen MR) is 91.2 cm³/mol. The molecule has 2 atom stereocenters. The normalized spacial score (nSPS) is 28.8. The number of furan rings is 1. The minimum atomic E-state index is -3.30. The van der Waals surface area contributed by atoms with E-state index in [2.05, 4.69) is 0 Å². The molecular formula is C17H22N2O6S. The molecule has 1 aromatic rings. The molecule has 0 spiro atoms. The molecule has 3 aliphatic heterocycles. The Labute approximate surface area is 152 Å². The van der Waals surface area contributed by atoms with Gasteiger partial charge >= 0.3 is 0 Å². The van der Waals surface area contributed by atoms with E-state index >= 15 is 0 Å². The Hall–Kier alpha value is -1.87. The standard InChI is InChI=1S/C17H22N2O6S/c20-16(12-3-8-24-9-4-12)18-5-6-19(17(21)15-2-1-7-25-15)14-11-26(22,23)10-13(14)18/h1-2,7,12-14H,3-6,8-11H2/t13-,14+/m0/s1. The fraction of sp³-hybridized carbons (Fsp3) is 0.647. The summed E-state index contributed by atoms with van der Waals surface area (Å²) in [7, 11) is -3.30. The van der Waals surface area contributed by atoms with Gasteiger partial charge in [-0.3, -0.25) is 9.59 Å². The van der Waals surface area contributed by atoms with Crippen LogP contribution in [0.25, 0.3) is 0 Å². The molecular weight excluding hydrogens is 360 g/mol. The maximum atomic E-state index is 13.0. The van der Waals surface area contributed by atoms with Crippen LogP contribution < -0.4 is 0 Å². The third-order valence-corrected chi connectivity index (χ3v) is 7.22. The van der Waals surface area contributed by atoms with Gasteiger partial charge in [0.15, 0.2) is 15.6 Å². The summed E-state index contributed by atoms with van der Waals surface area (Å²) in [6, 6.07) is 2.19. The number of ether oxygens (including phenoxy) is 1. The highest BCUT2D eigenvalue weighted by molar-refractivity contribution is 7.91. The molecule has 4 heterocycles. The fourth-order valence-electron chi connectivity index (χ4n) is 4.20. The largest absolute Gasteiger partial charge is 0.459 e. The molecule has 8 nitrogen and oxygen atoms in total. The zero-order valence-corrected chi connectivity index (χ0v) is 15.2. The van der Waals surface area contributed by atoms with Crippen molar-refractivity contribution in [3.63, 3.8) is 0 Å². The lowest BCUT2D eigenvalue weighted by Gasteiger charge is -2.44. The Morgan fingerprint density at radius 2 is 1.69 bits per heavy atom. The van der Waals surface area contributed by atoms with Gasteiger partial charge < -0.3 is 19.0 Å². The van der Waals surface area contributed by atoms with Gasteiger partial charge in [0.25, 0.3) is 5.91 Å². The molecule has 0 unspecified atom stereocenters. The molecule has 3 aliphatic rings. The second-order valence-electron chi connectivity index (χ2n) is 7.11. The molecule has 0 radical (unpaired) electrons. The van der Waals surface area contributed by atoms with Crippen molar-refractivity contribution in [1.29, 1.82) is 0 Å². The SMILES string of the molecule is O=C(c1ccco1)N1CCN(C(=O)C2CCOCC2)[C@H]2CS(=O)(=O)C[C@H]21. The fourth-order valence-corrected chi connectivity index (χ4v) is 6.18. The third-order valence-electron chi connectivity index (χ3n) is 5.52. The number of rotatable bonds is 2. The molecule has 0 N–H and O–H groups in total. The average molecular weight is 382 g/mol. The average Bonchev–Trinajstić information content (AvgIpc) is 3.27. The van der Waals surface area contributed by atoms with Crippen LogP contribution in [0.5, 0.6) is 0 Å². The zero-order chi connectivity index (χ0) is 18.3. The first-order valence-corrected chi connectivity index (χ1v) is 10.7. The molecule has 0 aliphatic carbocycles. The summed E-state index contributed by atoms with van der Waals surface area (Å²) in [5.41, 5.74) is 0. The molecule has 4 rings (SSSR count). The van der Waals surface area contributed by atoms with E-state index in [0.29, 0.717) is 39.1 Å². The topological polar surface area (TPSA) is 97.1 Å². The minimum Gasteiger partial charge on any atom is -0.459 e. The molecule has 3 saturated heterocycles. The van der Waals surface area contributed by atoms with Crippen LogP contribution >= 0.6 is 0 Å². The van der Waals surface area contributed by atoms with Gasteiger partial charge in [0.2, 0.25) is 5.91 Å². The van der Waals surface area contributed by atoms with Gasteiger partial charge in [-0.1, -0.05) is 0 Å². The molecule has 0 aromatic carbocycles. The van der Waals surface area contributed by atoms with Crippen molar-refractivity contribution in [2.24, 2.45) is 5.92 Å². The predicted octanol–water partition coefficient (Wildman–Crippen LogP) is 0.156. The molecule has 0 saturated carbocycles. The number of carbonyl (C=O) groups excluding carboxylic acids is 2. The zero-order valence-electron chi connectivity index (χ0n) is 14.4. The van der Waals surface area contributed by atoms with Crippen LogP contribution in [0.1, 0.15) is 23.4 Å². The van der Waals surface area contributed by atoms with E-state index in [1.807, 2.05) is 0 Å². The summed E-state index contributed by atoms with van der Waals surface area (Å²) in [4.78, 5) is 28.9. The number of carbonyl (C=O) groups is 2. The van der Waals surface area contributed by atoms with Gasteiger partial charge in [-0.25, -0.2) is 8.42 Å². The summed E-state index contributed by atoms with van der Waals surface area (Å²) in [6.07, 6.45) is 2.74. The van der Waals surface area contributed by atoms with E-state index in [4.69, 9.17) is 9.15 Å². The molecule has 2 amide bonds. The highest BCUT2D eigenvalue weighted by atomic mass is 32.2. The number of piperazine rings is 1. The van der Waals surface area contributed by atoms with Crippen LogP contribution in [0.4, 0.5) is 0 Å². The summed E-state index contributed by atoms with van der Waals surface area (Å²) in [6.45, 7) is 1.77. The van der Waals surface area contributed by atoms with Crippen LogP contribution in [-0.4, -0.2) is 79.9 Å². The van der Waals surface area contributed by atoms with E-state index in [-0.39, 0.29) is 35.0 Å². The van der Waals surface area contributed by atoms with Crippen molar-refractivity contribution in [3.8, 4) is 0 Å². The lowest BCUT2D eigenvalue weighted by atomic mass is 9.95. The quantitative estimate of drug-likeness (QED) is 0.723. The van der Waals surface area contributed by atoms with Gasteiger partial charge in [0.1, 0.15) is 0 Å². The highest BCUT2D eigenvalue weighted by Crippen LogP contribution is 2.30. The van der Waals surface area contributed by atoms with Crippen LogP contribution in [-0.2, 0) is 19.4 Å². The number of nitrogens with zero attached hydrogens (tertiary/aromatic N) is 2. The maximum Gasteiger partial charge on any atom is 0.289 e. The Morgan fingerprint density at radius 1 is 1.04 bits per heavy atom. The molecule has 3 fully saturated rings. The summed E-state index contributed by atoms with van der Waals surface area (Å²) in [5.74, 6) is -0.459. The Balaban J connectivity index is 1.57. The molecule has 142 valence electrons. The van der Waals surface area contributed by atoms with Crippen LogP contribution in [0.3, 0.4) is 0 Å². The minimum absolute atomic E-state index is 0.00880. The third kappa shape index (κ3) is 3.14. The van der Waals surface area contributed by atoms with Crippen LogP contribution in [0, 0.1) is 5.92 Å². The molecule has 26 heavy (non-hydrogen) atoms. The first kappa shape index (κ1) is 17.5. The monoisotopic (exact) mass is 382 g/mol. The number of hydrogen-bond acceptors (Lipinski definition) is 6. The number of sulfone groups is 1. The van der Waals surface area contributed by atoms with Crippen molar-refractivity contribution in [2.75, 3.05) is 37.8 Å². The first-order chi connectivity index (χ1) is 12.5. The number of fused-ring (bicyclic) bond motifs is 1. The second kappa shape index (κ2) is 6.70. The van der Waals surface area contributed by atoms with Crippen molar-refractivity contribution in [1.82, 2.24) is 9.80 Å². The van der Waals surface area contributed by atoms with E-state index in [9.17, 15) is 18.0 Å². The van der Waals surface area contributed by atoms with Gasteiger partial charge in [0, 0.05) is 32.2 Å². The molecule has 0 bridgehead atoms. The van der Waals surface area contributed by atoms with Crippen LogP contribution in [0.15, 0.2) is 22.8 Å². The van der Waals surface area contributed by atoms with Gasteiger partial charge in [-0.05, 0) is 25.0 Å². The second-order valence-corrected chi connectivity index (χ2v) is 9.26. The van der Waals surface area contributed by atoms with Gasteiger partial charge in [-0.15, -0.1) is 0 Å². The first-order valence-electron chi connectivity index (χ1n) is 8.89. The Bertz CT molecular complexity index is 784. The van der Waals surface area contributed by atoms with Crippen LogP contribution in [0.2, 0.25) is 0 Å². The highest BCUT2D eigenvalue weighted by Gasteiger charge is 2.50. The summed E-state index contributed by atoms with van der Waals surface area (Å²) in [5, 5.41) is 0. The summed E-state index contributed by atoms with van der Waals surface area (Å²) < 4.78 is 35.1. The Morgan fingerprint density at radius 3 is 2.35 bits per heavy atom. The van der Waals surface area contributed by atoms with E-state index in [1.165, 1.54) is 6.26 Å². The summed E-state index contributed by atoms with van der Waals surface area (Å²) >= 11 is 0.